The van der Waals surface area contributed by atoms with Gasteiger partial charge in [-0.1, -0.05) is 18.2 Å². The molecule has 1 saturated carbocycles. The molecule has 0 aliphatic heterocycles. The molecule has 0 atom stereocenters. The van der Waals surface area contributed by atoms with Crippen molar-refractivity contribution in [2.75, 3.05) is 0 Å². The van der Waals surface area contributed by atoms with Gasteiger partial charge in [-0.3, -0.25) is 0 Å². The largest absolute Gasteiger partial charge is 0.310 e. The zero-order valence-electron chi connectivity index (χ0n) is 7.81. The summed E-state index contributed by atoms with van der Waals surface area (Å²) in [6.07, 6.45) is 2.73. The number of nitrogens with one attached hydrogen (secondary N) is 1. The van der Waals surface area contributed by atoms with E-state index < -0.39 is 0 Å². The molecule has 2 heteroatoms. The molecule has 2 rings (SSSR count). The van der Waals surface area contributed by atoms with Crippen molar-refractivity contribution in [3.63, 3.8) is 0 Å². The van der Waals surface area contributed by atoms with Gasteiger partial charge in [0.2, 0.25) is 0 Å². The molecule has 1 aliphatic rings. The quantitative estimate of drug-likeness (QED) is 0.843. The zero-order valence-corrected chi connectivity index (χ0v) is 9.97. The lowest BCUT2D eigenvalue weighted by Gasteiger charge is -2.07. The summed E-state index contributed by atoms with van der Waals surface area (Å²) in [7, 11) is 0. The molecular formula is C11H14IN. The van der Waals surface area contributed by atoms with Gasteiger partial charge in [0.25, 0.3) is 0 Å². The molecule has 1 N–H and O–H groups in total. The second-order valence-electron chi connectivity index (χ2n) is 3.70. The Labute approximate surface area is 93.1 Å². The minimum atomic E-state index is 0.802. The summed E-state index contributed by atoms with van der Waals surface area (Å²) < 4.78 is 1.41. The number of rotatable bonds is 3. The Hall–Kier alpha value is -0.0900. The summed E-state index contributed by atoms with van der Waals surface area (Å²) in [4.78, 5) is 0. The maximum Gasteiger partial charge on any atom is 0.0218 e. The minimum absolute atomic E-state index is 0.802. The predicted molar refractivity (Wildman–Crippen MR) is 63.8 cm³/mol. The number of benzene rings is 1. The van der Waals surface area contributed by atoms with Crippen LogP contribution in [-0.2, 0) is 6.54 Å². The highest BCUT2D eigenvalue weighted by molar-refractivity contribution is 14.1. The van der Waals surface area contributed by atoms with E-state index in [0.717, 1.165) is 12.6 Å². The van der Waals surface area contributed by atoms with Crippen molar-refractivity contribution in [1.29, 1.82) is 0 Å². The van der Waals surface area contributed by atoms with E-state index in [4.69, 9.17) is 0 Å². The molecule has 1 aromatic carbocycles. The maximum atomic E-state index is 3.54. The smallest absolute Gasteiger partial charge is 0.0218 e. The standard InChI is InChI=1S/C11H14IN/c1-8-3-2-4-9(11(8)12)7-13-10-5-6-10/h2-4,10,13H,5-7H2,1H3. The van der Waals surface area contributed by atoms with Gasteiger partial charge in [0, 0.05) is 16.2 Å². The molecule has 1 fully saturated rings. The first-order valence-corrected chi connectivity index (χ1v) is 5.82. The van der Waals surface area contributed by atoms with Crippen LogP contribution in [0, 0.1) is 10.5 Å². The Morgan fingerprint density at radius 1 is 1.46 bits per heavy atom. The van der Waals surface area contributed by atoms with Gasteiger partial charge in [0.15, 0.2) is 0 Å². The molecule has 13 heavy (non-hydrogen) atoms. The van der Waals surface area contributed by atoms with Gasteiger partial charge in [-0.25, -0.2) is 0 Å². The fourth-order valence-corrected chi connectivity index (χ4v) is 1.94. The molecule has 0 radical (unpaired) electrons. The van der Waals surface area contributed by atoms with Crippen LogP contribution in [0.4, 0.5) is 0 Å². The molecule has 0 aromatic heterocycles. The van der Waals surface area contributed by atoms with Crippen LogP contribution in [0.2, 0.25) is 0 Å². The van der Waals surface area contributed by atoms with Crippen LogP contribution in [0.15, 0.2) is 18.2 Å². The summed E-state index contributed by atoms with van der Waals surface area (Å²) in [6, 6.07) is 7.32. The van der Waals surface area contributed by atoms with Crippen LogP contribution in [0.25, 0.3) is 0 Å². The van der Waals surface area contributed by atoms with Crippen molar-refractivity contribution in [1.82, 2.24) is 5.32 Å². The van der Waals surface area contributed by atoms with Crippen LogP contribution >= 0.6 is 22.6 Å². The van der Waals surface area contributed by atoms with E-state index in [2.05, 4.69) is 53.0 Å². The SMILES string of the molecule is Cc1cccc(CNC2CC2)c1I. The molecule has 1 nitrogen and oxygen atoms in total. The third kappa shape index (κ3) is 2.44. The maximum absolute atomic E-state index is 3.54. The van der Waals surface area contributed by atoms with Gasteiger partial charge in [-0.2, -0.15) is 0 Å². The van der Waals surface area contributed by atoms with Crippen molar-refractivity contribution in [2.45, 2.75) is 32.4 Å². The lowest BCUT2D eigenvalue weighted by atomic mass is 10.1. The first-order chi connectivity index (χ1) is 6.27. The Morgan fingerprint density at radius 3 is 2.92 bits per heavy atom. The second-order valence-corrected chi connectivity index (χ2v) is 4.78. The van der Waals surface area contributed by atoms with Crippen LogP contribution in [0.5, 0.6) is 0 Å². The molecule has 1 aliphatic carbocycles. The predicted octanol–water partition coefficient (Wildman–Crippen LogP) is 2.85. The molecule has 0 saturated heterocycles. The Kier molecular flexibility index (Phi) is 2.89. The summed E-state index contributed by atoms with van der Waals surface area (Å²) >= 11 is 2.43. The molecule has 1 aromatic rings. The fourth-order valence-electron chi connectivity index (χ4n) is 1.39. The van der Waals surface area contributed by atoms with Gasteiger partial charge in [-0.05, 0) is 53.5 Å². The summed E-state index contributed by atoms with van der Waals surface area (Å²) in [6.45, 7) is 3.20. The van der Waals surface area contributed by atoms with Gasteiger partial charge in [0.05, 0.1) is 0 Å². The summed E-state index contributed by atoms with van der Waals surface area (Å²) in [5, 5.41) is 3.54. The number of aryl methyl sites for hydroxylation is 1. The van der Waals surface area contributed by atoms with E-state index in [1.165, 1.54) is 27.5 Å². The average molecular weight is 287 g/mol. The molecule has 0 amide bonds. The number of hydrogen-bond acceptors (Lipinski definition) is 1. The highest BCUT2D eigenvalue weighted by Crippen LogP contribution is 2.21. The first-order valence-electron chi connectivity index (χ1n) is 4.75. The monoisotopic (exact) mass is 287 g/mol. The second kappa shape index (κ2) is 3.96. The summed E-state index contributed by atoms with van der Waals surface area (Å²) in [5.74, 6) is 0. The first kappa shape index (κ1) is 9.46. The van der Waals surface area contributed by atoms with E-state index in [-0.39, 0.29) is 0 Å². The van der Waals surface area contributed by atoms with E-state index in [1.807, 2.05) is 0 Å². The van der Waals surface area contributed by atoms with Crippen LogP contribution < -0.4 is 5.32 Å². The normalized spacial score (nSPS) is 16.2. The molecule has 0 spiro atoms. The zero-order chi connectivity index (χ0) is 9.26. The highest BCUT2D eigenvalue weighted by atomic mass is 127. The lowest BCUT2D eigenvalue weighted by molar-refractivity contribution is 0.685. The minimum Gasteiger partial charge on any atom is -0.310 e. The molecule has 70 valence electrons. The fraction of sp³-hybridized carbons (Fsp3) is 0.455. The number of hydrogen-bond donors (Lipinski definition) is 1. The van der Waals surface area contributed by atoms with Crippen LogP contribution in [0.1, 0.15) is 24.0 Å². The Balaban J connectivity index is 2.05. The Morgan fingerprint density at radius 2 is 2.23 bits per heavy atom. The summed E-state index contributed by atoms with van der Waals surface area (Å²) in [5.41, 5.74) is 2.82. The van der Waals surface area contributed by atoms with E-state index >= 15 is 0 Å². The van der Waals surface area contributed by atoms with Gasteiger partial charge in [-0.15, -0.1) is 0 Å². The third-order valence-electron chi connectivity index (χ3n) is 2.43. The highest BCUT2D eigenvalue weighted by Gasteiger charge is 2.20. The van der Waals surface area contributed by atoms with Crippen molar-refractivity contribution in [3.05, 3.63) is 32.9 Å². The number of halogens is 1. The van der Waals surface area contributed by atoms with E-state index in [1.54, 1.807) is 0 Å². The molecular weight excluding hydrogens is 273 g/mol. The molecule has 0 unspecified atom stereocenters. The van der Waals surface area contributed by atoms with Gasteiger partial charge < -0.3 is 5.32 Å². The van der Waals surface area contributed by atoms with Gasteiger partial charge >= 0.3 is 0 Å². The van der Waals surface area contributed by atoms with E-state index in [0.29, 0.717) is 0 Å². The lowest BCUT2D eigenvalue weighted by Crippen LogP contribution is -2.16. The van der Waals surface area contributed by atoms with Crippen molar-refractivity contribution in [2.24, 2.45) is 0 Å². The topological polar surface area (TPSA) is 12.0 Å². The molecule has 0 heterocycles. The van der Waals surface area contributed by atoms with Crippen molar-refractivity contribution >= 4 is 22.6 Å². The molecule has 0 bridgehead atoms. The van der Waals surface area contributed by atoms with Crippen molar-refractivity contribution in [3.8, 4) is 0 Å². The Bertz CT molecular complexity index is 305. The van der Waals surface area contributed by atoms with Crippen LogP contribution in [-0.4, -0.2) is 6.04 Å². The van der Waals surface area contributed by atoms with Crippen LogP contribution in [0.3, 0.4) is 0 Å². The van der Waals surface area contributed by atoms with E-state index in [9.17, 15) is 0 Å². The average Bonchev–Trinajstić information content (AvgIpc) is 2.91. The van der Waals surface area contributed by atoms with Gasteiger partial charge in [0.1, 0.15) is 0 Å². The third-order valence-corrected chi connectivity index (χ3v) is 3.97. The van der Waals surface area contributed by atoms with Crippen molar-refractivity contribution < 1.29 is 0 Å².